The summed E-state index contributed by atoms with van der Waals surface area (Å²) in [6.07, 6.45) is 1.27. The lowest BCUT2D eigenvalue weighted by molar-refractivity contribution is -0.384. The number of hydrogen-bond donors (Lipinski definition) is 1. The molecule has 0 fully saturated rings. The van der Waals surface area contributed by atoms with Crippen LogP contribution in [0.5, 0.6) is 0 Å². The fraction of sp³-hybridized carbons (Fsp3) is 0. The van der Waals surface area contributed by atoms with E-state index in [9.17, 15) is 14.5 Å². The number of anilines is 1. The molecule has 5 nitrogen and oxygen atoms in total. The first-order valence-electron chi connectivity index (χ1n) is 5.45. The van der Waals surface area contributed by atoms with E-state index in [0.717, 1.165) is 0 Å². The number of nitro benzene ring substituents is 1. The van der Waals surface area contributed by atoms with E-state index < -0.39 is 10.7 Å². The van der Waals surface area contributed by atoms with Crippen LogP contribution in [0.25, 0.3) is 0 Å². The van der Waals surface area contributed by atoms with E-state index >= 15 is 0 Å². The van der Waals surface area contributed by atoms with Crippen LogP contribution in [0.1, 0.15) is 5.56 Å². The van der Waals surface area contributed by atoms with Gasteiger partial charge in [-0.3, -0.25) is 15.5 Å². The summed E-state index contributed by atoms with van der Waals surface area (Å²) in [6, 6.07) is 12.2. The van der Waals surface area contributed by atoms with E-state index in [0.29, 0.717) is 5.56 Å². The Hall–Kier alpha value is -2.76. The molecule has 0 radical (unpaired) electrons. The highest BCUT2D eigenvalue weighted by atomic mass is 19.1. The van der Waals surface area contributed by atoms with Gasteiger partial charge in [0, 0.05) is 11.6 Å². The average Bonchev–Trinajstić information content (AvgIpc) is 2.41. The molecule has 0 saturated heterocycles. The first-order chi connectivity index (χ1) is 9.18. The maximum atomic E-state index is 13.3. The molecule has 0 atom stereocenters. The van der Waals surface area contributed by atoms with Gasteiger partial charge < -0.3 is 0 Å². The fourth-order valence-corrected chi connectivity index (χ4v) is 1.48. The number of hydrogen-bond acceptors (Lipinski definition) is 4. The van der Waals surface area contributed by atoms with Gasteiger partial charge in [-0.05, 0) is 12.1 Å². The average molecular weight is 259 g/mol. The predicted molar refractivity (Wildman–Crippen MR) is 70.7 cm³/mol. The molecule has 0 aromatic heterocycles. The summed E-state index contributed by atoms with van der Waals surface area (Å²) in [5.41, 5.74) is 2.99. The Labute approximate surface area is 108 Å². The molecule has 0 aliphatic rings. The Morgan fingerprint density at radius 3 is 2.58 bits per heavy atom. The zero-order valence-electron chi connectivity index (χ0n) is 9.79. The summed E-state index contributed by atoms with van der Waals surface area (Å²) >= 11 is 0. The van der Waals surface area contributed by atoms with Crippen molar-refractivity contribution in [2.24, 2.45) is 5.10 Å². The first-order valence-corrected chi connectivity index (χ1v) is 5.45. The third-order valence-corrected chi connectivity index (χ3v) is 2.39. The van der Waals surface area contributed by atoms with Gasteiger partial charge in [-0.2, -0.15) is 5.10 Å². The third-order valence-electron chi connectivity index (χ3n) is 2.39. The van der Waals surface area contributed by atoms with Crippen LogP contribution >= 0.6 is 0 Å². The molecule has 0 aliphatic heterocycles. The molecule has 6 heteroatoms. The molecule has 96 valence electrons. The Morgan fingerprint density at radius 1 is 1.16 bits per heavy atom. The number of para-hydroxylation sites is 2. The molecule has 2 rings (SSSR count). The highest BCUT2D eigenvalue weighted by Gasteiger charge is 2.10. The second-order valence-corrected chi connectivity index (χ2v) is 3.67. The van der Waals surface area contributed by atoms with Crippen molar-refractivity contribution in [2.75, 3.05) is 5.43 Å². The molecule has 0 saturated carbocycles. The van der Waals surface area contributed by atoms with Crippen molar-refractivity contribution in [3.8, 4) is 0 Å². The van der Waals surface area contributed by atoms with Gasteiger partial charge >= 0.3 is 0 Å². The van der Waals surface area contributed by atoms with E-state index in [1.807, 2.05) is 0 Å². The summed E-state index contributed by atoms with van der Waals surface area (Å²) in [6.45, 7) is 0. The molecule has 2 aromatic carbocycles. The van der Waals surface area contributed by atoms with Gasteiger partial charge in [-0.15, -0.1) is 0 Å². The summed E-state index contributed by atoms with van der Waals surface area (Å²) in [5, 5.41) is 14.6. The molecule has 0 heterocycles. The van der Waals surface area contributed by atoms with Crippen molar-refractivity contribution in [2.45, 2.75) is 0 Å². The predicted octanol–water partition coefficient (Wildman–Crippen LogP) is 3.18. The Kier molecular flexibility index (Phi) is 3.82. The van der Waals surface area contributed by atoms with Gasteiger partial charge in [0.2, 0.25) is 0 Å². The molecule has 2 aromatic rings. The standard InChI is InChI=1S/C13H10FN3O2/c14-11-6-2-1-5-10(11)9-15-16-12-7-3-4-8-13(12)17(18)19/h1-9,16H. The number of benzene rings is 2. The molecule has 0 unspecified atom stereocenters. The minimum Gasteiger partial charge on any atom is -0.272 e. The summed E-state index contributed by atoms with van der Waals surface area (Å²) < 4.78 is 13.3. The smallest absolute Gasteiger partial charge is 0.272 e. The second kappa shape index (κ2) is 5.72. The van der Waals surface area contributed by atoms with Crippen LogP contribution in [0.2, 0.25) is 0 Å². The number of nitrogens with zero attached hydrogens (tertiary/aromatic N) is 2. The Bertz CT molecular complexity index is 629. The third kappa shape index (κ3) is 3.12. The first kappa shape index (κ1) is 12.7. The molecular weight excluding hydrogens is 249 g/mol. The zero-order chi connectivity index (χ0) is 13.7. The highest BCUT2D eigenvalue weighted by molar-refractivity contribution is 5.80. The van der Waals surface area contributed by atoms with Crippen LogP contribution < -0.4 is 5.43 Å². The van der Waals surface area contributed by atoms with Crippen LogP contribution in [0, 0.1) is 15.9 Å². The highest BCUT2D eigenvalue weighted by Crippen LogP contribution is 2.22. The molecule has 0 amide bonds. The number of hydrazone groups is 1. The topological polar surface area (TPSA) is 67.5 Å². The molecule has 0 bridgehead atoms. The number of halogens is 1. The fourth-order valence-electron chi connectivity index (χ4n) is 1.48. The van der Waals surface area contributed by atoms with Crippen LogP contribution in [0.4, 0.5) is 15.8 Å². The molecule has 1 N–H and O–H groups in total. The van der Waals surface area contributed by atoms with Crippen molar-refractivity contribution >= 4 is 17.6 Å². The van der Waals surface area contributed by atoms with Crippen LogP contribution in [0.15, 0.2) is 53.6 Å². The molecular formula is C13H10FN3O2. The van der Waals surface area contributed by atoms with Gasteiger partial charge in [0.1, 0.15) is 11.5 Å². The maximum absolute atomic E-state index is 13.3. The SMILES string of the molecule is O=[N+]([O-])c1ccccc1NN=Cc1ccccc1F. The van der Waals surface area contributed by atoms with E-state index in [1.165, 1.54) is 24.4 Å². The van der Waals surface area contributed by atoms with Gasteiger partial charge in [0.05, 0.1) is 11.1 Å². The zero-order valence-corrected chi connectivity index (χ0v) is 9.79. The lowest BCUT2D eigenvalue weighted by Gasteiger charge is -2.01. The summed E-state index contributed by atoms with van der Waals surface area (Å²) in [7, 11) is 0. The van der Waals surface area contributed by atoms with Crippen molar-refractivity contribution in [1.82, 2.24) is 0 Å². The quantitative estimate of drug-likeness (QED) is 0.521. The van der Waals surface area contributed by atoms with E-state index in [2.05, 4.69) is 10.5 Å². The van der Waals surface area contributed by atoms with Crippen molar-refractivity contribution in [3.05, 3.63) is 70.0 Å². The number of nitro groups is 1. The lowest BCUT2D eigenvalue weighted by atomic mass is 10.2. The van der Waals surface area contributed by atoms with E-state index in [-0.39, 0.29) is 11.4 Å². The van der Waals surface area contributed by atoms with Gasteiger partial charge in [0.25, 0.3) is 5.69 Å². The van der Waals surface area contributed by atoms with Crippen molar-refractivity contribution in [3.63, 3.8) is 0 Å². The number of rotatable bonds is 4. The van der Waals surface area contributed by atoms with E-state index in [1.54, 1.807) is 30.3 Å². The monoisotopic (exact) mass is 259 g/mol. The molecule has 0 spiro atoms. The van der Waals surface area contributed by atoms with Crippen molar-refractivity contribution in [1.29, 1.82) is 0 Å². The number of nitrogens with one attached hydrogen (secondary N) is 1. The maximum Gasteiger partial charge on any atom is 0.294 e. The molecule has 19 heavy (non-hydrogen) atoms. The van der Waals surface area contributed by atoms with Crippen molar-refractivity contribution < 1.29 is 9.31 Å². The van der Waals surface area contributed by atoms with Crippen LogP contribution in [-0.4, -0.2) is 11.1 Å². The van der Waals surface area contributed by atoms with Gasteiger partial charge in [-0.1, -0.05) is 30.3 Å². The Morgan fingerprint density at radius 2 is 1.84 bits per heavy atom. The minimum atomic E-state index is -0.513. The van der Waals surface area contributed by atoms with Crippen LogP contribution in [0.3, 0.4) is 0 Å². The largest absolute Gasteiger partial charge is 0.294 e. The van der Waals surface area contributed by atoms with Crippen LogP contribution in [-0.2, 0) is 0 Å². The van der Waals surface area contributed by atoms with Gasteiger partial charge in [-0.25, -0.2) is 4.39 Å². The summed E-state index contributed by atoms with van der Waals surface area (Å²) in [5.74, 6) is -0.407. The van der Waals surface area contributed by atoms with E-state index in [4.69, 9.17) is 0 Å². The Balaban J connectivity index is 2.15. The minimum absolute atomic E-state index is 0.0896. The lowest BCUT2D eigenvalue weighted by Crippen LogP contribution is -1.97. The van der Waals surface area contributed by atoms with Gasteiger partial charge in [0.15, 0.2) is 0 Å². The second-order valence-electron chi connectivity index (χ2n) is 3.67. The normalized spacial score (nSPS) is 10.6. The molecule has 0 aliphatic carbocycles. The summed E-state index contributed by atoms with van der Waals surface area (Å²) in [4.78, 5) is 10.2.